The van der Waals surface area contributed by atoms with E-state index < -0.39 is 0 Å². The van der Waals surface area contributed by atoms with E-state index in [0.717, 1.165) is 6.42 Å². The molecule has 0 rings (SSSR count). The molecule has 49 valence electrons. The molecule has 0 aromatic carbocycles. The predicted octanol–water partition coefficient (Wildman–Crippen LogP) is 2.23. The average Bonchev–Trinajstić information content (AvgIpc) is 1.59. The number of rotatable bonds is 2. The highest BCUT2D eigenvalue weighted by molar-refractivity contribution is 4.65. The second-order valence-corrected chi connectivity index (χ2v) is 3.17. The molecule has 0 saturated heterocycles. The third-order valence-corrected chi connectivity index (χ3v) is 0.862. The van der Waals surface area contributed by atoms with Gasteiger partial charge in [-0.25, -0.2) is 0 Å². The monoisotopic (exact) mass is 115 g/mol. The molecule has 0 aromatic heterocycles. The van der Waals surface area contributed by atoms with E-state index in [1.165, 1.54) is 0 Å². The van der Waals surface area contributed by atoms with Gasteiger partial charge in [0.25, 0.3) is 0 Å². The zero-order valence-corrected chi connectivity index (χ0v) is 6.19. The van der Waals surface area contributed by atoms with Crippen LogP contribution < -0.4 is 0 Å². The lowest BCUT2D eigenvalue weighted by atomic mass is 9.93. The Hall–Kier alpha value is -0.0400. The Balaban J connectivity index is 3.11. The first-order valence-electron chi connectivity index (χ1n) is 2.91. The summed E-state index contributed by atoms with van der Waals surface area (Å²) in [5, 5.41) is 0. The molecular formula is C7H15O. The Morgan fingerprint density at radius 1 is 1.38 bits per heavy atom. The molecule has 1 nitrogen and oxygen atoms in total. The summed E-state index contributed by atoms with van der Waals surface area (Å²) in [5.74, 6) is 0. The maximum Gasteiger partial charge on any atom is 0.0837 e. The van der Waals surface area contributed by atoms with E-state index in [1.807, 2.05) is 6.61 Å². The van der Waals surface area contributed by atoms with E-state index in [4.69, 9.17) is 4.74 Å². The molecule has 1 radical (unpaired) electrons. The fourth-order valence-electron chi connectivity index (χ4n) is 0.333. The van der Waals surface area contributed by atoms with Gasteiger partial charge in [-0.3, -0.25) is 0 Å². The number of ether oxygens (including phenoxy) is 1. The van der Waals surface area contributed by atoms with Crippen molar-refractivity contribution >= 4 is 0 Å². The van der Waals surface area contributed by atoms with Gasteiger partial charge in [-0.15, -0.1) is 0 Å². The highest BCUT2D eigenvalue weighted by Crippen LogP contribution is 2.19. The molecule has 8 heavy (non-hydrogen) atoms. The Morgan fingerprint density at radius 2 is 1.88 bits per heavy atom. The summed E-state index contributed by atoms with van der Waals surface area (Å²) >= 11 is 0. The van der Waals surface area contributed by atoms with Crippen molar-refractivity contribution in [3.8, 4) is 0 Å². The van der Waals surface area contributed by atoms with E-state index >= 15 is 0 Å². The van der Waals surface area contributed by atoms with Crippen LogP contribution in [0.2, 0.25) is 0 Å². The number of methoxy groups -OCH3 is 1. The summed E-state index contributed by atoms with van der Waals surface area (Å²) < 4.78 is 4.79. The normalized spacial score (nSPS) is 12.0. The van der Waals surface area contributed by atoms with Crippen molar-refractivity contribution in [2.24, 2.45) is 5.41 Å². The van der Waals surface area contributed by atoms with Crippen molar-refractivity contribution < 1.29 is 4.74 Å². The molecule has 0 aliphatic heterocycles. The highest BCUT2D eigenvalue weighted by Gasteiger charge is 2.08. The first kappa shape index (κ1) is 7.96. The van der Waals surface area contributed by atoms with Crippen LogP contribution in [0.15, 0.2) is 0 Å². The lowest BCUT2D eigenvalue weighted by molar-refractivity contribution is 0.226. The van der Waals surface area contributed by atoms with Crippen LogP contribution in [0, 0.1) is 12.0 Å². The van der Waals surface area contributed by atoms with Gasteiger partial charge in [-0.1, -0.05) is 20.8 Å². The summed E-state index contributed by atoms with van der Waals surface area (Å²) in [6.45, 7) is 8.38. The Labute approximate surface area is 52.0 Å². The maximum atomic E-state index is 4.79. The smallest absolute Gasteiger partial charge is 0.0837 e. The minimum atomic E-state index is 0.371. The van der Waals surface area contributed by atoms with Gasteiger partial charge < -0.3 is 4.74 Å². The van der Waals surface area contributed by atoms with Crippen molar-refractivity contribution in [2.45, 2.75) is 27.2 Å². The third kappa shape index (κ3) is 5.96. The topological polar surface area (TPSA) is 9.23 Å². The molecule has 0 spiro atoms. The molecule has 0 aliphatic carbocycles. The van der Waals surface area contributed by atoms with Crippen LogP contribution in [0.25, 0.3) is 0 Å². The first-order chi connectivity index (χ1) is 3.56. The largest absolute Gasteiger partial charge is 0.379 e. The van der Waals surface area contributed by atoms with Crippen LogP contribution in [0.4, 0.5) is 0 Å². The second kappa shape index (κ2) is 3.08. The van der Waals surface area contributed by atoms with Gasteiger partial charge in [0.1, 0.15) is 0 Å². The molecular weight excluding hydrogens is 100 g/mol. The molecule has 0 bridgehead atoms. The van der Waals surface area contributed by atoms with Crippen LogP contribution >= 0.6 is 0 Å². The molecule has 1 heteroatoms. The summed E-state index contributed by atoms with van der Waals surface area (Å²) in [6.07, 6.45) is 1.02. The molecule has 0 fully saturated rings. The quantitative estimate of drug-likeness (QED) is 0.536. The van der Waals surface area contributed by atoms with Crippen molar-refractivity contribution in [3.63, 3.8) is 0 Å². The number of hydrogen-bond donors (Lipinski definition) is 0. The fraction of sp³-hybridized carbons (Fsp3) is 0.857. The SMILES string of the molecule is CO[CH]CC(C)(C)C. The van der Waals surface area contributed by atoms with Gasteiger partial charge in [0.2, 0.25) is 0 Å². The van der Waals surface area contributed by atoms with Gasteiger partial charge >= 0.3 is 0 Å². The highest BCUT2D eigenvalue weighted by atomic mass is 16.5. The second-order valence-electron chi connectivity index (χ2n) is 3.17. The Bertz CT molecular complexity index is 51.9. The minimum absolute atomic E-state index is 0.371. The average molecular weight is 115 g/mol. The van der Waals surface area contributed by atoms with E-state index in [9.17, 15) is 0 Å². The van der Waals surface area contributed by atoms with E-state index in [-0.39, 0.29) is 0 Å². The molecule has 0 heterocycles. The van der Waals surface area contributed by atoms with Crippen LogP contribution in [0.1, 0.15) is 27.2 Å². The van der Waals surface area contributed by atoms with Crippen molar-refractivity contribution in [1.82, 2.24) is 0 Å². The van der Waals surface area contributed by atoms with Crippen molar-refractivity contribution in [3.05, 3.63) is 6.61 Å². The minimum Gasteiger partial charge on any atom is -0.379 e. The lowest BCUT2D eigenvalue weighted by Gasteiger charge is -2.15. The summed E-state index contributed by atoms with van der Waals surface area (Å²) in [7, 11) is 1.69. The first-order valence-corrected chi connectivity index (χ1v) is 2.91. The van der Waals surface area contributed by atoms with E-state index in [1.54, 1.807) is 7.11 Å². The molecule has 0 unspecified atom stereocenters. The summed E-state index contributed by atoms with van der Waals surface area (Å²) in [6, 6.07) is 0. The lowest BCUT2D eigenvalue weighted by Crippen LogP contribution is -2.04. The van der Waals surface area contributed by atoms with Gasteiger partial charge in [0.15, 0.2) is 0 Å². The Kier molecular flexibility index (Phi) is 3.06. The summed E-state index contributed by atoms with van der Waals surface area (Å²) in [4.78, 5) is 0. The maximum absolute atomic E-state index is 4.79. The molecule has 0 saturated carbocycles. The van der Waals surface area contributed by atoms with Crippen LogP contribution in [-0.2, 0) is 4.74 Å². The zero-order chi connectivity index (χ0) is 6.62. The van der Waals surface area contributed by atoms with Crippen LogP contribution in [-0.4, -0.2) is 7.11 Å². The predicted molar refractivity (Wildman–Crippen MR) is 35.4 cm³/mol. The fourth-order valence-corrected chi connectivity index (χ4v) is 0.333. The standard InChI is InChI=1S/C7H15O/c1-7(2,3)5-6-8-4/h6H,5H2,1-4H3. The van der Waals surface area contributed by atoms with Gasteiger partial charge in [0, 0.05) is 7.11 Å². The van der Waals surface area contributed by atoms with Gasteiger partial charge in [-0.05, 0) is 11.8 Å². The van der Waals surface area contributed by atoms with Crippen molar-refractivity contribution in [1.29, 1.82) is 0 Å². The Morgan fingerprint density at radius 3 is 2.00 bits per heavy atom. The summed E-state index contributed by atoms with van der Waals surface area (Å²) in [5.41, 5.74) is 0.371. The van der Waals surface area contributed by atoms with Crippen LogP contribution in [0.5, 0.6) is 0 Å². The molecule has 0 aromatic rings. The molecule has 0 aliphatic rings. The molecule has 0 N–H and O–H groups in total. The molecule has 0 atom stereocenters. The van der Waals surface area contributed by atoms with Crippen molar-refractivity contribution in [2.75, 3.05) is 7.11 Å². The van der Waals surface area contributed by atoms with Gasteiger partial charge in [0.05, 0.1) is 6.61 Å². The third-order valence-electron chi connectivity index (χ3n) is 0.862. The number of hydrogen-bond acceptors (Lipinski definition) is 1. The zero-order valence-electron chi connectivity index (χ0n) is 6.19. The molecule has 0 amide bonds. The van der Waals surface area contributed by atoms with E-state index in [0.29, 0.717) is 5.41 Å². The van der Waals surface area contributed by atoms with E-state index in [2.05, 4.69) is 20.8 Å². The van der Waals surface area contributed by atoms with Crippen LogP contribution in [0.3, 0.4) is 0 Å². The van der Waals surface area contributed by atoms with Gasteiger partial charge in [-0.2, -0.15) is 0 Å².